The van der Waals surface area contributed by atoms with Gasteiger partial charge in [-0.25, -0.2) is 0 Å². The molecular weight excluding hydrogens is 311 g/mol. The van der Waals surface area contributed by atoms with Crippen molar-refractivity contribution in [2.24, 2.45) is 0 Å². The number of nitrogens with one attached hydrogen (secondary N) is 1. The van der Waals surface area contributed by atoms with Crippen molar-refractivity contribution in [1.29, 1.82) is 0 Å². The van der Waals surface area contributed by atoms with Crippen molar-refractivity contribution in [2.45, 2.75) is 12.5 Å². The predicted octanol–water partition coefficient (Wildman–Crippen LogP) is 2.78. The van der Waals surface area contributed by atoms with Crippen LogP contribution in [-0.4, -0.2) is 37.9 Å². The van der Waals surface area contributed by atoms with Crippen LogP contribution < -0.4 is 14.8 Å². The highest BCUT2D eigenvalue weighted by molar-refractivity contribution is 5.85. The van der Waals surface area contributed by atoms with Gasteiger partial charge in [-0.1, -0.05) is 12.1 Å². The van der Waals surface area contributed by atoms with Crippen LogP contribution in [0.15, 0.2) is 30.9 Å². The van der Waals surface area contributed by atoms with Crippen LogP contribution >= 0.6 is 24.8 Å². The van der Waals surface area contributed by atoms with Gasteiger partial charge in [0.1, 0.15) is 0 Å². The van der Waals surface area contributed by atoms with Gasteiger partial charge in [0.05, 0.1) is 0 Å². The van der Waals surface area contributed by atoms with Crippen molar-refractivity contribution in [1.82, 2.24) is 10.2 Å². The van der Waals surface area contributed by atoms with Gasteiger partial charge >= 0.3 is 0 Å². The van der Waals surface area contributed by atoms with E-state index in [1.807, 2.05) is 12.1 Å². The Morgan fingerprint density at radius 3 is 2.62 bits per heavy atom. The lowest BCUT2D eigenvalue weighted by Gasteiger charge is -2.34. The van der Waals surface area contributed by atoms with Crippen LogP contribution in [0.3, 0.4) is 0 Å². The van der Waals surface area contributed by atoms with E-state index in [2.05, 4.69) is 28.9 Å². The second-order valence-electron chi connectivity index (χ2n) is 4.94. The van der Waals surface area contributed by atoms with E-state index in [0.717, 1.165) is 44.1 Å². The standard InChI is InChI=1S/C15H20N2O2.2ClH/c1-2-3-13(17-8-6-16-7-9-17)12-4-5-14-15(10-12)19-11-18-14;;/h2,4-5,10,13,16H,1,3,6-9,11H2;2*1H/t13-;;/m1../s1. The predicted molar refractivity (Wildman–Crippen MR) is 89.1 cm³/mol. The van der Waals surface area contributed by atoms with Crippen LogP contribution in [0, 0.1) is 0 Å². The maximum absolute atomic E-state index is 5.48. The first-order valence-corrected chi connectivity index (χ1v) is 6.83. The number of rotatable bonds is 4. The molecule has 1 N–H and O–H groups in total. The number of nitrogens with zero attached hydrogens (tertiary/aromatic N) is 1. The maximum atomic E-state index is 5.48. The molecule has 0 bridgehead atoms. The number of piperazine rings is 1. The normalized spacial score (nSPS) is 18.3. The fourth-order valence-corrected chi connectivity index (χ4v) is 2.77. The van der Waals surface area contributed by atoms with Gasteiger partial charge in [0.15, 0.2) is 11.5 Å². The van der Waals surface area contributed by atoms with Crippen LogP contribution in [0.4, 0.5) is 0 Å². The molecule has 1 saturated heterocycles. The molecule has 4 nitrogen and oxygen atoms in total. The highest BCUT2D eigenvalue weighted by atomic mass is 35.5. The number of fused-ring (bicyclic) bond motifs is 1. The number of hydrogen-bond donors (Lipinski definition) is 1. The zero-order chi connectivity index (χ0) is 13.1. The Balaban J connectivity index is 0.00000110. The number of benzene rings is 1. The third-order valence-electron chi connectivity index (χ3n) is 3.76. The first kappa shape index (κ1) is 18.1. The van der Waals surface area contributed by atoms with Gasteiger partial charge in [0, 0.05) is 32.2 Å². The van der Waals surface area contributed by atoms with Crippen LogP contribution in [0.5, 0.6) is 11.5 Å². The minimum atomic E-state index is 0. The third-order valence-corrected chi connectivity index (χ3v) is 3.76. The quantitative estimate of drug-likeness (QED) is 0.859. The van der Waals surface area contributed by atoms with Crippen LogP contribution in [0.25, 0.3) is 0 Å². The summed E-state index contributed by atoms with van der Waals surface area (Å²) < 4.78 is 10.8. The molecule has 0 aromatic heterocycles. The number of hydrogen-bond acceptors (Lipinski definition) is 4. The van der Waals surface area contributed by atoms with Gasteiger partial charge in [-0.15, -0.1) is 31.4 Å². The van der Waals surface area contributed by atoms with E-state index in [0.29, 0.717) is 12.8 Å². The highest BCUT2D eigenvalue weighted by Crippen LogP contribution is 2.36. The first-order valence-electron chi connectivity index (χ1n) is 6.83. The SMILES string of the molecule is C=CC[C@H](c1ccc2c(c1)OCO2)N1CCNCC1.Cl.Cl. The summed E-state index contributed by atoms with van der Waals surface area (Å²) in [6, 6.07) is 6.65. The lowest BCUT2D eigenvalue weighted by atomic mass is 10.0. The van der Waals surface area contributed by atoms with Crippen molar-refractivity contribution in [3.8, 4) is 11.5 Å². The molecule has 6 heteroatoms. The molecule has 1 aromatic carbocycles. The van der Waals surface area contributed by atoms with E-state index in [1.54, 1.807) is 0 Å². The smallest absolute Gasteiger partial charge is 0.231 e. The topological polar surface area (TPSA) is 33.7 Å². The molecule has 0 saturated carbocycles. The van der Waals surface area contributed by atoms with E-state index in [-0.39, 0.29) is 24.8 Å². The summed E-state index contributed by atoms with van der Waals surface area (Å²) in [5, 5.41) is 3.39. The van der Waals surface area contributed by atoms with E-state index < -0.39 is 0 Å². The highest BCUT2D eigenvalue weighted by Gasteiger charge is 2.23. The Labute approximate surface area is 138 Å². The van der Waals surface area contributed by atoms with E-state index in [1.165, 1.54) is 5.56 Å². The van der Waals surface area contributed by atoms with E-state index in [9.17, 15) is 0 Å². The Morgan fingerprint density at radius 2 is 1.90 bits per heavy atom. The third kappa shape index (κ3) is 4.04. The molecule has 0 aliphatic carbocycles. The molecule has 0 unspecified atom stereocenters. The summed E-state index contributed by atoms with van der Waals surface area (Å²) in [5.41, 5.74) is 1.28. The molecule has 0 spiro atoms. The Hall–Kier alpha value is -0.940. The van der Waals surface area contributed by atoms with E-state index >= 15 is 0 Å². The van der Waals surface area contributed by atoms with Crippen LogP contribution in [-0.2, 0) is 0 Å². The Kier molecular flexibility index (Phi) is 7.32. The molecule has 0 amide bonds. The lowest BCUT2D eigenvalue weighted by Crippen LogP contribution is -2.45. The average molecular weight is 333 g/mol. The molecule has 2 aliphatic rings. The second-order valence-corrected chi connectivity index (χ2v) is 4.94. The summed E-state index contributed by atoms with van der Waals surface area (Å²) in [6.07, 6.45) is 2.96. The van der Waals surface area contributed by atoms with Gasteiger partial charge < -0.3 is 14.8 Å². The molecule has 2 heterocycles. The van der Waals surface area contributed by atoms with Crippen molar-refractivity contribution < 1.29 is 9.47 Å². The largest absolute Gasteiger partial charge is 0.454 e. The molecule has 1 fully saturated rings. The molecule has 21 heavy (non-hydrogen) atoms. The number of halogens is 2. The summed E-state index contributed by atoms with van der Waals surface area (Å²) in [5.74, 6) is 1.71. The monoisotopic (exact) mass is 332 g/mol. The van der Waals surface area contributed by atoms with Crippen molar-refractivity contribution >= 4 is 24.8 Å². The average Bonchev–Trinajstić information content (AvgIpc) is 2.93. The summed E-state index contributed by atoms with van der Waals surface area (Å²) in [4.78, 5) is 2.51. The molecule has 118 valence electrons. The molecule has 1 aromatic rings. The van der Waals surface area contributed by atoms with Gasteiger partial charge in [-0.05, 0) is 24.1 Å². The van der Waals surface area contributed by atoms with Crippen molar-refractivity contribution in [3.63, 3.8) is 0 Å². The van der Waals surface area contributed by atoms with Crippen molar-refractivity contribution in [3.05, 3.63) is 36.4 Å². The summed E-state index contributed by atoms with van der Waals surface area (Å²) in [7, 11) is 0. The molecule has 1 atom stereocenters. The Morgan fingerprint density at radius 1 is 1.19 bits per heavy atom. The maximum Gasteiger partial charge on any atom is 0.231 e. The van der Waals surface area contributed by atoms with Gasteiger partial charge in [0.25, 0.3) is 0 Å². The second kappa shape index (κ2) is 8.49. The zero-order valence-corrected chi connectivity index (χ0v) is 13.5. The van der Waals surface area contributed by atoms with E-state index in [4.69, 9.17) is 9.47 Å². The number of ether oxygens (including phenoxy) is 2. The summed E-state index contributed by atoms with van der Waals surface area (Å²) >= 11 is 0. The fourth-order valence-electron chi connectivity index (χ4n) is 2.77. The minimum absolute atomic E-state index is 0. The van der Waals surface area contributed by atoms with Gasteiger partial charge in [0.2, 0.25) is 6.79 Å². The van der Waals surface area contributed by atoms with Crippen LogP contribution in [0.1, 0.15) is 18.0 Å². The molecule has 0 radical (unpaired) electrons. The van der Waals surface area contributed by atoms with Gasteiger partial charge in [-0.2, -0.15) is 0 Å². The fraction of sp³-hybridized carbons (Fsp3) is 0.467. The zero-order valence-electron chi connectivity index (χ0n) is 11.9. The van der Waals surface area contributed by atoms with Crippen molar-refractivity contribution in [2.75, 3.05) is 33.0 Å². The van der Waals surface area contributed by atoms with Crippen LogP contribution in [0.2, 0.25) is 0 Å². The summed E-state index contributed by atoms with van der Waals surface area (Å²) in [6.45, 7) is 8.49. The minimum Gasteiger partial charge on any atom is -0.454 e. The molecule has 3 rings (SSSR count). The Bertz CT molecular complexity index is 465. The first-order chi connectivity index (χ1) is 9.38. The van der Waals surface area contributed by atoms with Gasteiger partial charge in [-0.3, -0.25) is 4.90 Å². The lowest BCUT2D eigenvalue weighted by molar-refractivity contribution is 0.171. The molecule has 2 aliphatic heterocycles. The molecular formula is C15H22Cl2N2O2.